The van der Waals surface area contributed by atoms with Gasteiger partial charge < -0.3 is 4.74 Å². The molecule has 3 unspecified atom stereocenters. The number of thioether (sulfide) groups is 1. The fourth-order valence-corrected chi connectivity index (χ4v) is 4.98. The van der Waals surface area contributed by atoms with E-state index in [0.717, 1.165) is 19.3 Å². The van der Waals surface area contributed by atoms with E-state index >= 15 is 0 Å². The molecule has 0 spiro atoms. The number of piperidine rings is 1. The van der Waals surface area contributed by atoms with Crippen molar-refractivity contribution in [3.63, 3.8) is 0 Å². The molecule has 198 valence electrons. The maximum Gasteiger partial charge on any atom is 0.259 e. The van der Waals surface area contributed by atoms with Gasteiger partial charge in [-0.1, -0.05) is 18.8 Å². The number of aromatic nitrogens is 2. The molecule has 1 aliphatic carbocycles. The van der Waals surface area contributed by atoms with E-state index in [9.17, 15) is 14.0 Å². The van der Waals surface area contributed by atoms with Crippen LogP contribution in [0.15, 0.2) is 29.6 Å². The molecule has 1 saturated heterocycles. The maximum atomic E-state index is 14.2. The Hall–Kier alpha value is -3.65. The van der Waals surface area contributed by atoms with E-state index < -0.39 is 12.1 Å². The van der Waals surface area contributed by atoms with E-state index in [2.05, 4.69) is 44.6 Å². The first-order valence-corrected chi connectivity index (χ1v) is 13.5. The summed E-state index contributed by atoms with van der Waals surface area (Å²) in [5.41, 5.74) is 4.27. The highest BCUT2D eigenvalue weighted by molar-refractivity contribution is 8.14. The van der Waals surface area contributed by atoms with Crippen LogP contribution in [0.25, 0.3) is 11.1 Å². The number of carbonyl (C=O) groups excluding carboxylic acids is 2. The predicted molar refractivity (Wildman–Crippen MR) is 144 cm³/mol. The van der Waals surface area contributed by atoms with E-state index in [4.69, 9.17) is 4.74 Å². The first-order valence-electron chi connectivity index (χ1n) is 12.6. The van der Waals surface area contributed by atoms with E-state index in [0.29, 0.717) is 52.7 Å². The molecule has 9 nitrogen and oxygen atoms in total. The van der Waals surface area contributed by atoms with E-state index in [1.165, 1.54) is 38.2 Å². The highest BCUT2D eigenvalue weighted by Gasteiger charge is 2.28. The summed E-state index contributed by atoms with van der Waals surface area (Å²) in [6.45, 7) is 4.00. The van der Waals surface area contributed by atoms with E-state index in [1.807, 2.05) is 0 Å². The summed E-state index contributed by atoms with van der Waals surface area (Å²) in [7, 11) is 1.48. The molecule has 3 aliphatic rings. The molecule has 2 N–H and O–H groups in total. The van der Waals surface area contributed by atoms with Crippen molar-refractivity contribution in [3.8, 4) is 28.7 Å². The van der Waals surface area contributed by atoms with Gasteiger partial charge in [0, 0.05) is 36.2 Å². The Labute approximate surface area is 225 Å². The molecular weight excluding hydrogens is 507 g/mol. The van der Waals surface area contributed by atoms with Gasteiger partial charge >= 0.3 is 0 Å². The van der Waals surface area contributed by atoms with Gasteiger partial charge in [0.2, 0.25) is 5.91 Å². The summed E-state index contributed by atoms with van der Waals surface area (Å²) in [6.07, 6.45) is 5.04. The van der Waals surface area contributed by atoms with Crippen molar-refractivity contribution in [3.05, 3.63) is 35.8 Å². The van der Waals surface area contributed by atoms with Gasteiger partial charge in [0.15, 0.2) is 10.5 Å². The van der Waals surface area contributed by atoms with Gasteiger partial charge in [-0.25, -0.2) is 9.37 Å². The van der Waals surface area contributed by atoms with Crippen molar-refractivity contribution in [2.45, 2.75) is 51.1 Å². The lowest BCUT2D eigenvalue weighted by atomic mass is 9.97. The van der Waals surface area contributed by atoms with Gasteiger partial charge in [0.25, 0.3) is 5.91 Å². The largest absolute Gasteiger partial charge is 0.494 e. The van der Waals surface area contributed by atoms with E-state index in [1.54, 1.807) is 17.0 Å². The van der Waals surface area contributed by atoms with Crippen molar-refractivity contribution < 1.29 is 18.7 Å². The van der Waals surface area contributed by atoms with Crippen LogP contribution in [-0.4, -0.2) is 46.0 Å². The van der Waals surface area contributed by atoms with Crippen LogP contribution in [0.1, 0.15) is 61.8 Å². The fraction of sp³-hybridized carbons (Fsp3) is 0.444. The molecule has 11 heteroatoms. The number of carbonyl (C=O) groups is 2. The van der Waals surface area contributed by atoms with Crippen LogP contribution in [0.2, 0.25) is 0 Å². The van der Waals surface area contributed by atoms with Gasteiger partial charge in [0.05, 0.1) is 24.6 Å². The molecule has 2 aromatic rings. The number of amidine groups is 1. The smallest absolute Gasteiger partial charge is 0.259 e. The van der Waals surface area contributed by atoms with Crippen molar-refractivity contribution in [2.24, 2.45) is 16.9 Å². The van der Waals surface area contributed by atoms with Crippen LogP contribution in [-0.2, 0) is 4.79 Å². The number of nitrogens with zero attached hydrogens (tertiary/aromatic N) is 4. The molecule has 1 saturated carbocycles. The van der Waals surface area contributed by atoms with Gasteiger partial charge in [-0.05, 0) is 56.0 Å². The van der Waals surface area contributed by atoms with Crippen molar-refractivity contribution in [2.75, 3.05) is 18.6 Å². The Kier molecular flexibility index (Phi) is 7.51. The number of rotatable bonds is 5. The lowest BCUT2D eigenvalue weighted by Gasteiger charge is -2.30. The minimum Gasteiger partial charge on any atom is -0.494 e. The Morgan fingerprint density at radius 2 is 2.05 bits per heavy atom. The highest BCUT2D eigenvalue weighted by atomic mass is 32.2. The zero-order valence-electron chi connectivity index (χ0n) is 21.5. The number of ether oxygens (including phenoxy) is 1. The second-order valence-electron chi connectivity index (χ2n) is 9.72. The fourth-order valence-electron chi connectivity index (χ4n) is 4.26. The number of hydrazone groups is 1. The van der Waals surface area contributed by atoms with Gasteiger partial charge in [0.1, 0.15) is 17.7 Å². The molecule has 5 rings (SSSR count). The topological polar surface area (TPSA) is 109 Å². The Morgan fingerprint density at radius 3 is 2.79 bits per heavy atom. The Bertz CT molecular complexity index is 1350. The summed E-state index contributed by atoms with van der Waals surface area (Å²) in [6, 6.07) is 3.24. The Morgan fingerprint density at radius 1 is 1.24 bits per heavy atom. The first kappa shape index (κ1) is 26.0. The second-order valence-corrected chi connectivity index (χ2v) is 10.8. The number of methoxy groups -OCH3 is 1. The number of amides is 2. The molecular formula is C27H29FN6O3S. The standard InChI is InChI=1S/C27H29FN6O3S/c1-15-4-9-25(35)34(14-15)23-11-18(19-10-21(16(2)28)29-13-22(19)37-3)20(12-30-23)26(36)31-27-33-32-24(38-27)8-7-17-5-6-17/h10-13,15-17,24,32H,4-6,9,14H2,1-3H3,(H,31,33,36). The zero-order chi connectivity index (χ0) is 26.8. The monoisotopic (exact) mass is 536 g/mol. The molecule has 2 amide bonds. The average Bonchev–Trinajstić information content (AvgIpc) is 3.65. The first-order chi connectivity index (χ1) is 18.3. The van der Waals surface area contributed by atoms with E-state index in [-0.39, 0.29) is 22.5 Å². The Balaban J connectivity index is 1.49. The number of hydrogen-bond donors (Lipinski definition) is 2. The zero-order valence-corrected chi connectivity index (χ0v) is 22.3. The number of pyridine rings is 2. The number of hydrogen-bond acceptors (Lipinski definition) is 8. The van der Waals surface area contributed by atoms with Crippen LogP contribution >= 0.6 is 11.8 Å². The maximum absolute atomic E-state index is 14.2. The quantitative estimate of drug-likeness (QED) is 0.556. The van der Waals surface area contributed by atoms with Crippen LogP contribution in [0.4, 0.5) is 10.2 Å². The number of alkyl halides is 1. The van der Waals surface area contributed by atoms with Crippen molar-refractivity contribution in [1.29, 1.82) is 0 Å². The second kappa shape index (κ2) is 11.0. The third-order valence-corrected chi connectivity index (χ3v) is 7.47. The highest BCUT2D eigenvalue weighted by Crippen LogP contribution is 2.36. The summed E-state index contributed by atoms with van der Waals surface area (Å²) in [4.78, 5) is 36.5. The summed E-state index contributed by atoms with van der Waals surface area (Å²) in [5, 5.41) is 7.18. The molecule has 2 aromatic heterocycles. The number of anilines is 1. The van der Waals surface area contributed by atoms with Crippen LogP contribution in [0, 0.1) is 23.7 Å². The molecule has 3 atom stereocenters. The molecule has 0 aromatic carbocycles. The van der Waals surface area contributed by atoms with Crippen molar-refractivity contribution >= 4 is 34.6 Å². The number of halogens is 1. The normalized spacial score (nSPS) is 21.6. The summed E-state index contributed by atoms with van der Waals surface area (Å²) in [5.74, 6) is 7.42. The molecule has 2 aliphatic heterocycles. The molecule has 4 heterocycles. The molecule has 38 heavy (non-hydrogen) atoms. The van der Waals surface area contributed by atoms with Gasteiger partial charge in [-0.3, -0.25) is 30.2 Å². The lowest BCUT2D eigenvalue weighted by molar-refractivity contribution is -0.120. The molecule has 2 fully saturated rings. The number of nitrogens with one attached hydrogen (secondary N) is 2. The van der Waals surface area contributed by atoms with Crippen LogP contribution in [0.5, 0.6) is 5.75 Å². The van der Waals surface area contributed by atoms with Crippen molar-refractivity contribution in [1.82, 2.24) is 20.7 Å². The molecule has 0 bridgehead atoms. The minimum atomic E-state index is -1.33. The van der Waals surface area contributed by atoms with Crippen LogP contribution < -0.4 is 20.4 Å². The molecule has 0 radical (unpaired) electrons. The SMILES string of the molecule is COc1cnc(C(C)F)cc1-c1cc(N2CC(C)CCC2=O)ncc1C(=O)NC1=NNC(C#CC2CC2)S1. The third-order valence-electron chi connectivity index (χ3n) is 6.59. The predicted octanol–water partition coefficient (Wildman–Crippen LogP) is 4.02. The van der Waals surface area contributed by atoms with Gasteiger partial charge in [-0.2, -0.15) is 5.10 Å². The minimum absolute atomic E-state index is 0.0281. The average molecular weight is 537 g/mol. The van der Waals surface area contributed by atoms with Gasteiger partial charge in [-0.15, -0.1) is 0 Å². The summed E-state index contributed by atoms with van der Waals surface area (Å²) >= 11 is 1.32. The lowest BCUT2D eigenvalue weighted by Crippen LogP contribution is -2.39. The third kappa shape index (κ3) is 5.75. The van der Waals surface area contributed by atoms with Crippen LogP contribution in [0.3, 0.4) is 0 Å². The summed E-state index contributed by atoms with van der Waals surface area (Å²) < 4.78 is 19.7.